The normalized spacial score (nSPS) is 10.7. The molecule has 0 unspecified atom stereocenters. The first-order valence-electron chi connectivity index (χ1n) is 7.82. The fourth-order valence-corrected chi connectivity index (χ4v) is 3.17. The number of hydrogen-bond acceptors (Lipinski definition) is 4. The maximum Gasteiger partial charge on any atom is 0.253 e. The largest absolute Gasteiger partial charge is 0.345 e. The molecule has 0 saturated carbocycles. The number of aromatic nitrogens is 2. The maximum absolute atomic E-state index is 12.1. The van der Waals surface area contributed by atoms with Gasteiger partial charge in [0.2, 0.25) is 5.91 Å². The lowest BCUT2D eigenvalue weighted by Crippen LogP contribution is -2.21. The first-order valence-corrected chi connectivity index (χ1v) is 9.18. The van der Waals surface area contributed by atoms with E-state index in [1.54, 1.807) is 50.5 Å². The number of nitrogens with one attached hydrogen (secondary N) is 2. The standard InChI is InChI=1S/C18H17ClN4O2S/c1-23(2)17(25)11-3-6-13(7-4-11)20-16(24)10-26-18-21-14-8-5-12(19)9-15(14)22-18/h3-9H,10H2,1-2H3,(H,20,24)(H,21,22). The summed E-state index contributed by atoms with van der Waals surface area (Å²) in [6, 6.07) is 12.2. The number of fused-ring (bicyclic) bond motifs is 1. The molecule has 0 bridgehead atoms. The molecule has 1 heterocycles. The number of anilines is 1. The van der Waals surface area contributed by atoms with Gasteiger partial charge >= 0.3 is 0 Å². The fourth-order valence-electron chi connectivity index (χ4n) is 2.31. The highest BCUT2D eigenvalue weighted by molar-refractivity contribution is 7.99. The molecule has 0 radical (unpaired) electrons. The zero-order valence-electron chi connectivity index (χ0n) is 14.2. The lowest BCUT2D eigenvalue weighted by molar-refractivity contribution is -0.113. The van der Waals surface area contributed by atoms with E-state index in [0.29, 0.717) is 21.4 Å². The van der Waals surface area contributed by atoms with E-state index in [-0.39, 0.29) is 17.6 Å². The SMILES string of the molecule is CN(C)C(=O)c1ccc(NC(=O)CSc2nc3ccc(Cl)cc3[nH]2)cc1. The Morgan fingerprint density at radius 1 is 1.19 bits per heavy atom. The summed E-state index contributed by atoms with van der Waals surface area (Å²) >= 11 is 7.26. The predicted molar refractivity (Wildman–Crippen MR) is 105 cm³/mol. The lowest BCUT2D eigenvalue weighted by Gasteiger charge is -2.10. The smallest absolute Gasteiger partial charge is 0.253 e. The predicted octanol–water partition coefficient (Wildman–Crippen LogP) is 3.65. The molecular formula is C18H17ClN4O2S. The van der Waals surface area contributed by atoms with Gasteiger partial charge in [0.05, 0.1) is 16.8 Å². The van der Waals surface area contributed by atoms with Gasteiger partial charge in [0.1, 0.15) is 0 Å². The Morgan fingerprint density at radius 2 is 1.92 bits per heavy atom. The quantitative estimate of drug-likeness (QED) is 0.654. The number of imidazole rings is 1. The average molecular weight is 389 g/mol. The topological polar surface area (TPSA) is 78.1 Å². The van der Waals surface area contributed by atoms with Crippen LogP contribution < -0.4 is 5.32 Å². The second-order valence-electron chi connectivity index (χ2n) is 5.82. The molecule has 6 nitrogen and oxygen atoms in total. The second kappa shape index (κ2) is 7.80. The molecule has 2 aromatic carbocycles. The van der Waals surface area contributed by atoms with Gasteiger partial charge in [-0.2, -0.15) is 0 Å². The molecule has 0 fully saturated rings. The Labute approximate surface area is 159 Å². The third-order valence-electron chi connectivity index (χ3n) is 3.58. The number of H-pyrrole nitrogens is 1. The van der Waals surface area contributed by atoms with Crippen LogP contribution in [0.25, 0.3) is 11.0 Å². The molecule has 0 spiro atoms. The molecule has 134 valence electrons. The zero-order chi connectivity index (χ0) is 18.7. The van der Waals surface area contributed by atoms with Gasteiger partial charge in [-0.25, -0.2) is 4.98 Å². The van der Waals surface area contributed by atoms with Crippen LogP contribution in [0.15, 0.2) is 47.6 Å². The van der Waals surface area contributed by atoms with Crippen molar-refractivity contribution >= 4 is 51.9 Å². The van der Waals surface area contributed by atoms with Crippen molar-refractivity contribution in [2.24, 2.45) is 0 Å². The summed E-state index contributed by atoms with van der Waals surface area (Å²) in [4.78, 5) is 33.0. The monoisotopic (exact) mass is 388 g/mol. The van der Waals surface area contributed by atoms with Gasteiger partial charge in [-0.15, -0.1) is 0 Å². The number of carbonyl (C=O) groups is 2. The van der Waals surface area contributed by atoms with Crippen molar-refractivity contribution in [3.05, 3.63) is 53.1 Å². The van der Waals surface area contributed by atoms with Gasteiger partial charge in [-0.05, 0) is 42.5 Å². The number of aromatic amines is 1. The summed E-state index contributed by atoms with van der Waals surface area (Å²) in [5.41, 5.74) is 2.85. The highest BCUT2D eigenvalue weighted by atomic mass is 35.5. The van der Waals surface area contributed by atoms with Gasteiger partial charge in [0.25, 0.3) is 5.91 Å². The minimum Gasteiger partial charge on any atom is -0.345 e. The Hall–Kier alpha value is -2.51. The average Bonchev–Trinajstić information content (AvgIpc) is 3.02. The molecule has 0 aliphatic heterocycles. The van der Waals surface area contributed by atoms with E-state index in [2.05, 4.69) is 15.3 Å². The number of thioether (sulfide) groups is 1. The molecule has 26 heavy (non-hydrogen) atoms. The summed E-state index contributed by atoms with van der Waals surface area (Å²) in [5, 5.41) is 4.09. The maximum atomic E-state index is 12.1. The Morgan fingerprint density at radius 3 is 2.62 bits per heavy atom. The van der Waals surface area contributed by atoms with E-state index in [1.165, 1.54) is 16.7 Å². The van der Waals surface area contributed by atoms with Crippen LogP contribution in [0.2, 0.25) is 5.02 Å². The molecule has 0 aliphatic carbocycles. The van der Waals surface area contributed by atoms with Crippen molar-refractivity contribution in [1.29, 1.82) is 0 Å². The molecule has 0 saturated heterocycles. The van der Waals surface area contributed by atoms with Gasteiger partial charge in [0, 0.05) is 30.4 Å². The molecule has 0 atom stereocenters. The van der Waals surface area contributed by atoms with Crippen molar-refractivity contribution in [2.75, 3.05) is 25.2 Å². The number of benzene rings is 2. The summed E-state index contributed by atoms with van der Waals surface area (Å²) in [7, 11) is 3.39. The van der Waals surface area contributed by atoms with Crippen molar-refractivity contribution in [3.63, 3.8) is 0 Å². The van der Waals surface area contributed by atoms with Gasteiger partial charge in [0.15, 0.2) is 5.16 Å². The van der Waals surface area contributed by atoms with E-state index in [9.17, 15) is 9.59 Å². The molecule has 3 aromatic rings. The molecule has 8 heteroatoms. The third kappa shape index (κ3) is 4.36. The van der Waals surface area contributed by atoms with Gasteiger partial charge in [-0.1, -0.05) is 23.4 Å². The van der Waals surface area contributed by atoms with Crippen LogP contribution in [0.5, 0.6) is 0 Å². The van der Waals surface area contributed by atoms with Crippen LogP contribution >= 0.6 is 23.4 Å². The fraction of sp³-hybridized carbons (Fsp3) is 0.167. The molecule has 3 rings (SSSR count). The molecular weight excluding hydrogens is 372 g/mol. The van der Waals surface area contributed by atoms with Crippen LogP contribution in [0.1, 0.15) is 10.4 Å². The van der Waals surface area contributed by atoms with Crippen LogP contribution in [-0.2, 0) is 4.79 Å². The van der Waals surface area contributed by atoms with Gasteiger partial charge < -0.3 is 15.2 Å². The van der Waals surface area contributed by atoms with E-state index in [1.807, 2.05) is 6.07 Å². The highest BCUT2D eigenvalue weighted by Gasteiger charge is 2.10. The van der Waals surface area contributed by atoms with Crippen LogP contribution in [0.3, 0.4) is 0 Å². The number of hydrogen-bond donors (Lipinski definition) is 2. The van der Waals surface area contributed by atoms with Crippen LogP contribution in [0.4, 0.5) is 5.69 Å². The van der Waals surface area contributed by atoms with Gasteiger partial charge in [-0.3, -0.25) is 9.59 Å². The summed E-state index contributed by atoms with van der Waals surface area (Å²) in [6.45, 7) is 0. The van der Waals surface area contributed by atoms with E-state index < -0.39 is 0 Å². The van der Waals surface area contributed by atoms with E-state index >= 15 is 0 Å². The Bertz CT molecular complexity index is 953. The van der Waals surface area contributed by atoms with Crippen molar-refractivity contribution in [3.8, 4) is 0 Å². The first kappa shape index (κ1) is 18.3. The van der Waals surface area contributed by atoms with Crippen molar-refractivity contribution < 1.29 is 9.59 Å². The molecule has 2 amide bonds. The van der Waals surface area contributed by atoms with Crippen molar-refractivity contribution in [2.45, 2.75) is 5.16 Å². The molecule has 0 aliphatic rings. The minimum atomic E-state index is -0.153. The van der Waals surface area contributed by atoms with Crippen LogP contribution in [0, 0.1) is 0 Å². The summed E-state index contributed by atoms with van der Waals surface area (Å²) in [5.74, 6) is -0.0186. The number of carbonyl (C=O) groups excluding carboxylic acids is 2. The zero-order valence-corrected chi connectivity index (χ0v) is 15.8. The summed E-state index contributed by atoms with van der Waals surface area (Å²) in [6.07, 6.45) is 0. The summed E-state index contributed by atoms with van der Waals surface area (Å²) < 4.78 is 0. The van der Waals surface area contributed by atoms with Crippen LogP contribution in [-0.4, -0.2) is 46.5 Å². The molecule has 1 aromatic heterocycles. The number of nitrogens with zero attached hydrogens (tertiary/aromatic N) is 2. The number of amides is 2. The van der Waals surface area contributed by atoms with Crippen molar-refractivity contribution in [1.82, 2.24) is 14.9 Å². The lowest BCUT2D eigenvalue weighted by atomic mass is 10.2. The third-order valence-corrected chi connectivity index (χ3v) is 4.69. The minimum absolute atomic E-state index is 0.0802. The van der Waals surface area contributed by atoms with E-state index in [4.69, 9.17) is 11.6 Å². The Kier molecular flexibility index (Phi) is 5.49. The Balaban J connectivity index is 1.57. The molecule has 2 N–H and O–H groups in total. The number of rotatable bonds is 5. The second-order valence-corrected chi connectivity index (χ2v) is 7.22. The number of halogens is 1. The van der Waals surface area contributed by atoms with E-state index in [0.717, 1.165) is 11.0 Å². The first-order chi connectivity index (χ1) is 12.4. The highest BCUT2D eigenvalue weighted by Crippen LogP contribution is 2.22.